The molecule has 0 spiro atoms. The van der Waals surface area contributed by atoms with Gasteiger partial charge in [-0.25, -0.2) is 0 Å². The van der Waals surface area contributed by atoms with Crippen LogP contribution in [0.4, 0.5) is 0 Å². The van der Waals surface area contributed by atoms with Crippen molar-refractivity contribution in [3.8, 4) is 5.75 Å². The predicted octanol–water partition coefficient (Wildman–Crippen LogP) is 2.73. The third-order valence-electron chi connectivity index (χ3n) is 3.05. The number of hydrogen-bond donors (Lipinski definition) is 1. The molecule has 0 amide bonds. The molecule has 0 saturated heterocycles. The fourth-order valence-corrected chi connectivity index (χ4v) is 2.50. The molecule has 1 heterocycles. The van der Waals surface area contributed by atoms with E-state index in [1.54, 1.807) is 13.3 Å². The van der Waals surface area contributed by atoms with Crippen LogP contribution in [-0.2, 0) is 7.05 Å². The van der Waals surface area contributed by atoms with Crippen molar-refractivity contribution in [1.29, 1.82) is 0 Å². The maximum Gasteiger partial charge on any atom is 0.161 e. The van der Waals surface area contributed by atoms with Crippen molar-refractivity contribution in [1.82, 2.24) is 15.1 Å². The molecule has 102 valence electrons. The minimum atomic E-state index is 0.0875. The quantitative estimate of drug-likeness (QED) is 0.822. The Morgan fingerprint density at radius 2 is 2.05 bits per heavy atom. The van der Waals surface area contributed by atoms with E-state index in [-0.39, 0.29) is 6.04 Å². The van der Waals surface area contributed by atoms with E-state index in [1.807, 2.05) is 11.7 Å². The number of aryl methyl sites for hydroxylation is 1. The largest absolute Gasteiger partial charge is 0.493 e. The van der Waals surface area contributed by atoms with E-state index in [9.17, 15) is 0 Å². The minimum Gasteiger partial charge on any atom is -0.493 e. The Morgan fingerprint density at radius 3 is 2.63 bits per heavy atom. The first kappa shape index (κ1) is 14.3. The molecule has 0 radical (unpaired) electrons. The van der Waals surface area contributed by atoms with Crippen molar-refractivity contribution in [3.63, 3.8) is 0 Å². The summed E-state index contributed by atoms with van der Waals surface area (Å²) in [7, 11) is 3.62. The number of methoxy groups -OCH3 is 1. The number of hydrogen-bond acceptors (Lipinski definition) is 3. The lowest BCUT2D eigenvalue weighted by Gasteiger charge is -2.20. The number of nitrogens with one attached hydrogen (secondary N) is 1. The van der Waals surface area contributed by atoms with Crippen molar-refractivity contribution < 1.29 is 4.74 Å². The molecule has 4 nitrogen and oxygen atoms in total. The molecule has 5 heteroatoms. The van der Waals surface area contributed by atoms with E-state index in [2.05, 4.69) is 64.2 Å². The first-order valence-corrected chi connectivity index (χ1v) is 7.30. The Kier molecular flexibility index (Phi) is 4.81. The fourth-order valence-electron chi connectivity index (χ4n) is 2.14. The van der Waals surface area contributed by atoms with Gasteiger partial charge in [0.05, 0.1) is 19.3 Å². The van der Waals surface area contributed by atoms with Crippen LogP contribution >= 0.6 is 22.6 Å². The first-order valence-electron chi connectivity index (χ1n) is 6.22. The van der Waals surface area contributed by atoms with Crippen LogP contribution in [0.5, 0.6) is 5.75 Å². The number of rotatable bonds is 5. The number of benzene rings is 1. The zero-order valence-corrected chi connectivity index (χ0v) is 13.5. The van der Waals surface area contributed by atoms with Gasteiger partial charge >= 0.3 is 0 Å². The Hall–Kier alpha value is -1.08. The molecule has 1 unspecified atom stereocenters. The molecule has 1 atom stereocenters. The second-order valence-electron chi connectivity index (χ2n) is 4.26. The second kappa shape index (κ2) is 6.38. The molecule has 19 heavy (non-hydrogen) atoms. The van der Waals surface area contributed by atoms with E-state index in [4.69, 9.17) is 4.74 Å². The molecule has 0 aliphatic carbocycles. The van der Waals surface area contributed by atoms with E-state index in [1.165, 1.54) is 9.13 Å². The highest BCUT2D eigenvalue weighted by Crippen LogP contribution is 2.29. The van der Waals surface area contributed by atoms with Gasteiger partial charge in [0.2, 0.25) is 0 Å². The number of halogens is 1. The molecule has 0 aliphatic rings. The first-order chi connectivity index (χ1) is 9.17. The lowest BCUT2D eigenvalue weighted by atomic mass is 10.0. The summed E-state index contributed by atoms with van der Waals surface area (Å²) >= 11 is 2.31. The van der Waals surface area contributed by atoms with Crippen molar-refractivity contribution in [2.45, 2.75) is 13.0 Å². The predicted molar refractivity (Wildman–Crippen MR) is 84.4 cm³/mol. The molecule has 2 rings (SSSR count). The van der Waals surface area contributed by atoms with Crippen LogP contribution in [0, 0.1) is 3.57 Å². The van der Waals surface area contributed by atoms with Crippen LogP contribution in [-0.4, -0.2) is 23.4 Å². The highest BCUT2D eigenvalue weighted by molar-refractivity contribution is 14.1. The Bertz CT molecular complexity index is 536. The third kappa shape index (κ3) is 3.09. The molecule has 0 aliphatic heterocycles. The average molecular weight is 371 g/mol. The fraction of sp³-hybridized carbons (Fsp3) is 0.357. The van der Waals surface area contributed by atoms with Crippen LogP contribution in [0.1, 0.15) is 24.2 Å². The topological polar surface area (TPSA) is 39.1 Å². The molecule has 0 fully saturated rings. The van der Waals surface area contributed by atoms with Crippen molar-refractivity contribution >= 4 is 22.6 Å². The second-order valence-corrected chi connectivity index (χ2v) is 5.51. The smallest absolute Gasteiger partial charge is 0.161 e. The lowest BCUT2D eigenvalue weighted by molar-refractivity contribution is 0.401. The van der Waals surface area contributed by atoms with E-state index in [0.29, 0.717) is 0 Å². The van der Waals surface area contributed by atoms with Gasteiger partial charge in [-0.2, -0.15) is 5.10 Å². The van der Waals surface area contributed by atoms with Crippen LogP contribution in [0.15, 0.2) is 30.5 Å². The van der Waals surface area contributed by atoms with Gasteiger partial charge in [0.25, 0.3) is 0 Å². The molecule has 0 bridgehead atoms. The van der Waals surface area contributed by atoms with E-state index >= 15 is 0 Å². The summed E-state index contributed by atoms with van der Waals surface area (Å²) in [5.74, 6) is 0.812. The molecule has 2 aromatic rings. The zero-order valence-electron chi connectivity index (χ0n) is 11.4. The number of nitrogens with zero attached hydrogens (tertiary/aromatic N) is 2. The maximum atomic E-state index is 5.41. The van der Waals surface area contributed by atoms with Gasteiger partial charge < -0.3 is 10.1 Å². The average Bonchev–Trinajstić information content (AvgIpc) is 2.78. The normalized spacial score (nSPS) is 12.4. The molecular weight excluding hydrogens is 353 g/mol. The molecule has 1 aromatic carbocycles. The van der Waals surface area contributed by atoms with Gasteiger partial charge in [-0.1, -0.05) is 19.1 Å². The summed E-state index contributed by atoms with van der Waals surface area (Å²) in [5.41, 5.74) is 2.26. The van der Waals surface area contributed by atoms with Gasteiger partial charge in [0, 0.05) is 10.6 Å². The third-order valence-corrected chi connectivity index (χ3v) is 3.77. The molecule has 1 aromatic heterocycles. The Morgan fingerprint density at radius 1 is 1.37 bits per heavy atom. The van der Waals surface area contributed by atoms with Gasteiger partial charge in [-0.3, -0.25) is 4.68 Å². The van der Waals surface area contributed by atoms with Crippen LogP contribution in [0.3, 0.4) is 0 Å². The van der Waals surface area contributed by atoms with E-state index < -0.39 is 0 Å². The molecule has 1 N–H and O–H groups in total. The van der Waals surface area contributed by atoms with Crippen LogP contribution < -0.4 is 10.1 Å². The lowest BCUT2D eigenvalue weighted by Crippen LogP contribution is -2.24. The SMILES string of the molecule is CCNC(c1ccc(I)cc1)c1c(OC)cnn1C. The van der Waals surface area contributed by atoms with Crippen molar-refractivity contribution in [2.75, 3.05) is 13.7 Å². The standard InChI is InChI=1S/C14H18IN3O/c1-4-16-13(10-5-7-11(15)8-6-10)14-12(19-3)9-17-18(14)2/h5-9,13,16H,4H2,1-3H3. The highest BCUT2D eigenvalue weighted by Gasteiger charge is 2.21. The summed E-state index contributed by atoms with van der Waals surface area (Å²) in [6.07, 6.45) is 1.76. The maximum absolute atomic E-state index is 5.41. The van der Waals surface area contributed by atoms with Crippen LogP contribution in [0.2, 0.25) is 0 Å². The minimum absolute atomic E-state index is 0.0875. The van der Waals surface area contributed by atoms with Gasteiger partial charge in [-0.05, 0) is 46.8 Å². The number of ether oxygens (including phenoxy) is 1. The monoisotopic (exact) mass is 371 g/mol. The van der Waals surface area contributed by atoms with Crippen molar-refractivity contribution in [3.05, 3.63) is 45.3 Å². The summed E-state index contributed by atoms with van der Waals surface area (Å²) in [6.45, 7) is 2.98. The van der Waals surface area contributed by atoms with Crippen LogP contribution in [0.25, 0.3) is 0 Å². The van der Waals surface area contributed by atoms with Gasteiger partial charge in [0.1, 0.15) is 5.69 Å². The Labute approximate surface area is 127 Å². The summed E-state index contributed by atoms with van der Waals surface area (Å²) in [6, 6.07) is 8.60. The molecular formula is C14H18IN3O. The van der Waals surface area contributed by atoms with Crippen molar-refractivity contribution in [2.24, 2.45) is 7.05 Å². The summed E-state index contributed by atoms with van der Waals surface area (Å²) < 4.78 is 8.51. The van der Waals surface area contributed by atoms with E-state index in [0.717, 1.165) is 18.0 Å². The molecule has 0 saturated carbocycles. The van der Waals surface area contributed by atoms with Gasteiger partial charge in [0.15, 0.2) is 5.75 Å². The zero-order chi connectivity index (χ0) is 13.8. The summed E-state index contributed by atoms with van der Waals surface area (Å²) in [5, 5.41) is 7.78. The highest BCUT2D eigenvalue weighted by atomic mass is 127. The number of aromatic nitrogens is 2. The van der Waals surface area contributed by atoms with Gasteiger partial charge in [-0.15, -0.1) is 0 Å². The Balaban J connectivity index is 2.44. The summed E-state index contributed by atoms with van der Waals surface area (Å²) in [4.78, 5) is 0.